The fraction of sp³-hybridized carbons (Fsp3) is 0.500. The van der Waals surface area contributed by atoms with Crippen LogP contribution in [0.25, 0.3) is 0 Å². The van der Waals surface area contributed by atoms with Crippen LogP contribution < -0.4 is 4.74 Å². The zero-order chi connectivity index (χ0) is 12.8. The smallest absolute Gasteiger partial charge is 0.310 e. The largest absolute Gasteiger partial charge is 0.496 e. The Balaban J connectivity index is 2.86. The Labute approximate surface area is 103 Å². The van der Waals surface area contributed by atoms with Crippen LogP contribution in [-0.4, -0.2) is 19.7 Å². The second-order valence-corrected chi connectivity index (χ2v) is 4.21. The number of carbonyl (C=O) groups excluding carboxylic acids is 1. The predicted octanol–water partition coefficient (Wildman–Crippen LogP) is 2.92. The molecule has 3 nitrogen and oxygen atoms in total. The second-order valence-electron chi connectivity index (χ2n) is 4.21. The van der Waals surface area contributed by atoms with Gasteiger partial charge in [0.05, 0.1) is 20.1 Å². The molecular weight excluding hydrogens is 216 g/mol. The van der Waals surface area contributed by atoms with E-state index in [9.17, 15) is 4.79 Å². The first-order valence-electron chi connectivity index (χ1n) is 5.90. The van der Waals surface area contributed by atoms with Crippen LogP contribution in [0, 0.1) is 0 Å². The lowest BCUT2D eigenvalue weighted by Crippen LogP contribution is -2.08. The number of rotatable bonds is 5. The Morgan fingerprint density at radius 1 is 1.35 bits per heavy atom. The number of hydrogen-bond acceptors (Lipinski definition) is 3. The van der Waals surface area contributed by atoms with Gasteiger partial charge in [-0.05, 0) is 30.0 Å². The number of ether oxygens (including phenoxy) is 2. The van der Waals surface area contributed by atoms with Gasteiger partial charge in [0.2, 0.25) is 0 Å². The minimum atomic E-state index is -0.202. The minimum Gasteiger partial charge on any atom is -0.496 e. The average Bonchev–Trinajstić information content (AvgIpc) is 2.28. The van der Waals surface area contributed by atoms with Crippen LogP contribution in [0.4, 0.5) is 0 Å². The SMILES string of the molecule is CCOC(=O)Cc1ccc(C(C)C)c(OC)c1. The van der Waals surface area contributed by atoms with Crippen molar-refractivity contribution in [1.29, 1.82) is 0 Å². The first-order valence-corrected chi connectivity index (χ1v) is 5.90. The summed E-state index contributed by atoms with van der Waals surface area (Å²) in [4.78, 5) is 11.4. The topological polar surface area (TPSA) is 35.5 Å². The molecule has 0 aliphatic carbocycles. The van der Waals surface area contributed by atoms with Crippen molar-refractivity contribution in [3.63, 3.8) is 0 Å². The first-order chi connectivity index (χ1) is 8.08. The number of methoxy groups -OCH3 is 1. The number of carbonyl (C=O) groups is 1. The van der Waals surface area contributed by atoms with Crippen molar-refractivity contribution in [2.75, 3.05) is 13.7 Å². The van der Waals surface area contributed by atoms with Crippen molar-refractivity contribution in [2.24, 2.45) is 0 Å². The summed E-state index contributed by atoms with van der Waals surface area (Å²) in [6.07, 6.45) is 0.294. The Bertz CT molecular complexity index is 383. The number of esters is 1. The van der Waals surface area contributed by atoms with E-state index in [1.165, 1.54) is 0 Å². The summed E-state index contributed by atoms with van der Waals surface area (Å²) < 4.78 is 10.3. The van der Waals surface area contributed by atoms with Crippen molar-refractivity contribution in [2.45, 2.75) is 33.1 Å². The Morgan fingerprint density at radius 3 is 2.59 bits per heavy atom. The van der Waals surface area contributed by atoms with E-state index in [-0.39, 0.29) is 5.97 Å². The molecule has 1 aromatic carbocycles. The zero-order valence-corrected chi connectivity index (χ0v) is 10.9. The maximum atomic E-state index is 11.4. The number of hydrogen-bond donors (Lipinski definition) is 0. The standard InChI is InChI=1S/C14H20O3/c1-5-17-14(15)9-11-6-7-12(10(2)3)13(8-11)16-4/h6-8,10H,5,9H2,1-4H3. The van der Waals surface area contributed by atoms with Crippen LogP contribution in [0.5, 0.6) is 5.75 Å². The molecule has 0 aromatic heterocycles. The van der Waals surface area contributed by atoms with E-state index in [1.54, 1.807) is 14.0 Å². The van der Waals surface area contributed by atoms with Gasteiger partial charge in [-0.15, -0.1) is 0 Å². The first kappa shape index (κ1) is 13.6. The highest BCUT2D eigenvalue weighted by Gasteiger charge is 2.10. The van der Waals surface area contributed by atoms with Gasteiger partial charge in [0.25, 0.3) is 0 Å². The van der Waals surface area contributed by atoms with Gasteiger partial charge in [-0.1, -0.05) is 26.0 Å². The van der Waals surface area contributed by atoms with Gasteiger partial charge in [-0.2, -0.15) is 0 Å². The Hall–Kier alpha value is -1.51. The fourth-order valence-electron chi connectivity index (χ4n) is 1.72. The Kier molecular flexibility index (Phi) is 5.01. The summed E-state index contributed by atoms with van der Waals surface area (Å²) in [5.74, 6) is 1.04. The average molecular weight is 236 g/mol. The highest BCUT2D eigenvalue weighted by Crippen LogP contribution is 2.27. The summed E-state index contributed by atoms with van der Waals surface area (Å²) >= 11 is 0. The molecule has 0 N–H and O–H groups in total. The molecule has 1 aromatic rings. The molecule has 3 heteroatoms. The molecule has 0 radical (unpaired) electrons. The molecule has 0 saturated heterocycles. The molecule has 0 aliphatic heterocycles. The molecule has 94 valence electrons. The monoisotopic (exact) mass is 236 g/mol. The summed E-state index contributed by atoms with van der Waals surface area (Å²) in [6, 6.07) is 5.87. The van der Waals surface area contributed by atoms with Gasteiger partial charge in [0.15, 0.2) is 0 Å². The molecule has 0 heterocycles. The van der Waals surface area contributed by atoms with Gasteiger partial charge in [-0.25, -0.2) is 0 Å². The zero-order valence-electron chi connectivity index (χ0n) is 10.9. The third-order valence-electron chi connectivity index (χ3n) is 2.57. The highest BCUT2D eigenvalue weighted by atomic mass is 16.5. The summed E-state index contributed by atoms with van der Waals surface area (Å²) in [6.45, 7) is 6.45. The molecule has 0 unspecified atom stereocenters. The van der Waals surface area contributed by atoms with E-state index in [1.807, 2.05) is 18.2 Å². The van der Waals surface area contributed by atoms with Crippen molar-refractivity contribution in [3.05, 3.63) is 29.3 Å². The third kappa shape index (κ3) is 3.77. The van der Waals surface area contributed by atoms with E-state index in [0.29, 0.717) is 18.9 Å². The molecule has 1 rings (SSSR count). The maximum Gasteiger partial charge on any atom is 0.310 e. The summed E-state index contributed by atoms with van der Waals surface area (Å²) in [7, 11) is 1.65. The van der Waals surface area contributed by atoms with Crippen molar-refractivity contribution in [3.8, 4) is 5.75 Å². The van der Waals surface area contributed by atoms with Crippen LogP contribution in [0.2, 0.25) is 0 Å². The van der Waals surface area contributed by atoms with Crippen molar-refractivity contribution >= 4 is 5.97 Å². The lowest BCUT2D eigenvalue weighted by molar-refractivity contribution is -0.142. The third-order valence-corrected chi connectivity index (χ3v) is 2.57. The molecule has 17 heavy (non-hydrogen) atoms. The minimum absolute atomic E-state index is 0.202. The Morgan fingerprint density at radius 2 is 2.06 bits per heavy atom. The maximum absolute atomic E-state index is 11.4. The van der Waals surface area contributed by atoms with Gasteiger partial charge in [-0.3, -0.25) is 4.79 Å². The van der Waals surface area contributed by atoms with Crippen molar-refractivity contribution < 1.29 is 14.3 Å². The molecule has 0 amide bonds. The van der Waals surface area contributed by atoms with Crippen LogP contribution in [0.15, 0.2) is 18.2 Å². The number of benzene rings is 1. The van der Waals surface area contributed by atoms with E-state index in [0.717, 1.165) is 16.9 Å². The van der Waals surface area contributed by atoms with E-state index in [4.69, 9.17) is 9.47 Å². The molecule has 0 aliphatic rings. The molecule has 0 saturated carbocycles. The lowest BCUT2D eigenvalue weighted by atomic mass is 9.99. The van der Waals surface area contributed by atoms with E-state index < -0.39 is 0 Å². The van der Waals surface area contributed by atoms with Crippen molar-refractivity contribution in [1.82, 2.24) is 0 Å². The van der Waals surface area contributed by atoms with E-state index >= 15 is 0 Å². The second kappa shape index (κ2) is 6.28. The summed E-state index contributed by atoms with van der Waals surface area (Å²) in [5, 5.41) is 0. The fourth-order valence-corrected chi connectivity index (χ4v) is 1.72. The van der Waals surface area contributed by atoms with E-state index in [2.05, 4.69) is 13.8 Å². The highest BCUT2D eigenvalue weighted by molar-refractivity contribution is 5.72. The van der Waals surface area contributed by atoms with Crippen LogP contribution in [0.3, 0.4) is 0 Å². The predicted molar refractivity (Wildman–Crippen MR) is 67.4 cm³/mol. The molecular formula is C14H20O3. The quantitative estimate of drug-likeness (QED) is 0.737. The molecule has 0 spiro atoms. The van der Waals surface area contributed by atoms with Crippen LogP contribution in [0.1, 0.15) is 37.8 Å². The molecule has 0 bridgehead atoms. The van der Waals surface area contributed by atoms with Crippen LogP contribution >= 0.6 is 0 Å². The molecule has 0 atom stereocenters. The summed E-state index contributed by atoms with van der Waals surface area (Å²) in [5.41, 5.74) is 2.07. The lowest BCUT2D eigenvalue weighted by Gasteiger charge is -2.13. The van der Waals surface area contributed by atoms with Gasteiger partial charge >= 0.3 is 5.97 Å². The van der Waals surface area contributed by atoms with Gasteiger partial charge in [0.1, 0.15) is 5.75 Å². The molecule has 0 fully saturated rings. The van der Waals surface area contributed by atoms with Gasteiger partial charge in [0, 0.05) is 0 Å². The van der Waals surface area contributed by atoms with Crippen LogP contribution in [-0.2, 0) is 16.0 Å². The normalized spacial score (nSPS) is 10.4. The van der Waals surface area contributed by atoms with Gasteiger partial charge < -0.3 is 9.47 Å².